The maximum Gasteiger partial charge on any atom is 0.257 e. The van der Waals surface area contributed by atoms with E-state index in [-0.39, 0.29) is 17.1 Å². The monoisotopic (exact) mass is 388 g/mol. The summed E-state index contributed by atoms with van der Waals surface area (Å²) in [6, 6.07) is 14.2. The van der Waals surface area contributed by atoms with E-state index in [0.717, 1.165) is 11.4 Å². The van der Waals surface area contributed by atoms with Crippen molar-refractivity contribution in [1.29, 1.82) is 0 Å². The summed E-state index contributed by atoms with van der Waals surface area (Å²) in [6.45, 7) is 4.90. The first-order chi connectivity index (χ1) is 13.0. The SMILES string of the molecule is COCCOc1ccc(C(=O)NC(=S)Nc2ccc(OC(C)C)cc2)cc1. The van der Waals surface area contributed by atoms with E-state index in [4.69, 9.17) is 26.4 Å². The molecule has 0 saturated carbocycles. The van der Waals surface area contributed by atoms with Crippen LogP contribution < -0.4 is 20.1 Å². The zero-order valence-corrected chi connectivity index (χ0v) is 16.5. The molecule has 0 saturated heterocycles. The molecule has 1 amide bonds. The largest absolute Gasteiger partial charge is 0.491 e. The van der Waals surface area contributed by atoms with Crippen molar-refractivity contribution in [3.63, 3.8) is 0 Å². The number of anilines is 1. The van der Waals surface area contributed by atoms with E-state index >= 15 is 0 Å². The molecule has 0 unspecified atom stereocenters. The average Bonchev–Trinajstić information content (AvgIpc) is 2.63. The Morgan fingerprint density at radius 1 is 1.00 bits per heavy atom. The van der Waals surface area contributed by atoms with Gasteiger partial charge in [0.2, 0.25) is 0 Å². The predicted octanol–water partition coefficient (Wildman–Crippen LogP) is 3.63. The number of amides is 1. The molecule has 0 atom stereocenters. The molecule has 2 rings (SSSR count). The highest BCUT2D eigenvalue weighted by Gasteiger charge is 2.08. The number of benzene rings is 2. The van der Waals surface area contributed by atoms with Crippen molar-refractivity contribution in [3.8, 4) is 11.5 Å². The second-order valence-corrected chi connectivity index (χ2v) is 6.37. The number of hydrogen-bond donors (Lipinski definition) is 2. The Morgan fingerprint density at radius 2 is 1.63 bits per heavy atom. The summed E-state index contributed by atoms with van der Waals surface area (Å²) in [5, 5.41) is 5.85. The van der Waals surface area contributed by atoms with Crippen molar-refractivity contribution in [1.82, 2.24) is 5.32 Å². The molecule has 0 heterocycles. The maximum absolute atomic E-state index is 12.3. The van der Waals surface area contributed by atoms with Gasteiger partial charge in [-0.05, 0) is 74.6 Å². The van der Waals surface area contributed by atoms with Crippen LogP contribution in [0.3, 0.4) is 0 Å². The van der Waals surface area contributed by atoms with Gasteiger partial charge >= 0.3 is 0 Å². The molecule has 2 N–H and O–H groups in total. The Balaban J connectivity index is 1.85. The van der Waals surface area contributed by atoms with Crippen LogP contribution >= 0.6 is 12.2 Å². The van der Waals surface area contributed by atoms with Gasteiger partial charge in [0.05, 0.1) is 12.7 Å². The molecule has 7 heteroatoms. The van der Waals surface area contributed by atoms with Crippen molar-refractivity contribution in [2.75, 3.05) is 25.6 Å². The second kappa shape index (κ2) is 10.5. The summed E-state index contributed by atoms with van der Waals surface area (Å²) in [5.74, 6) is 1.15. The van der Waals surface area contributed by atoms with Gasteiger partial charge in [0.25, 0.3) is 5.91 Å². The fourth-order valence-electron chi connectivity index (χ4n) is 2.17. The van der Waals surface area contributed by atoms with E-state index in [1.807, 2.05) is 38.1 Å². The molecule has 0 aromatic heterocycles. The van der Waals surface area contributed by atoms with Crippen LogP contribution in [0.4, 0.5) is 5.69 Å². The number of nitrogens with one attached hydrogen (secondary N) is 2. The molecule has 2 aromatic rings. The van der Waals surface area contributed by atoms with Crippen molar-refractivity contribution in [2.24, 2.45) is 0 Å². The molecule has 0 aliphatic carbocycles. The summed E-state index contributed by atoms with van der Waals surface area (Å²) in [5.41, 5.74) is 1.25. The molecule has 144 valence electrons. The smallest absolute Gasteiger partial charge is 0.257 e. The fraction of sp³-hybridized carbons (Fsp3) is 0.300. The normalized spacial score (nSPS) is 10.4. The van der Waals surface area contributed by atoms with E-state index < -0.39 is 0 Å². The van der Waals surface area contributed by atoms with Crippen LogP contribution in [-0.2, 0) is 4.74 Å². The fourth-order valence-corrected chi connectivity index (χ4v) is 2.38. The number of hydrogen-bond acceptors (Lipinski definition) is 5. The lowest BCUT2D eigenvalue weighted by Crippen LogP contribution is -2.34. The molecular formula is C20H24N2O4S. The van der Waals surface area contributed by atoms with E-state index in [0.29, 0.717) is 24.5 Å². The minimum absolute atomic E-state index is 0.112. The van der Waals surface area contributed by atoms with Crippen LogP contribution in [-0.4, -0.2) is 37.4 Å². The summed E-state index contributed by atoms with van der Waals surface area (Å²) in [4.78, 5) is 12.3. The average molecular weight is 388 g/mol. The van der Waals surface area contributed by atoms with Crippen molar-refractivity contribution in [3.05, 3.63) is 54.1 Å². The number of thiocarbonyl (C=S) groups is 1. The van der Waals surface area contributed by atoms with Crippen molar-refractivity contribution in [2.45, 2.75) is 20.0 Å². The van der Waals surface area contributed by atoms with Crippen LogP contribution in [0, 0.1) is 0 Å². The van der Waals surface area contributed by atoms with Gasteiger partial charge in [0.15, 0.2) is 5.11 Å². The van der Waals surface area contributed by atoms with Gasteiger partial charge < -0.3 is 19.5 Å². The van der Waals surface area contributed by atoms with Crippen LogP contribution in [0.15, 0.2) is 48.5 Å². The summed E-state index contributed by atoms with van der Waals surface area (Å²) >= 11 is 5.20. The van der Waals surface area contributed by atoms with Crippen LogP contribution in [0.25, 0.3) is 0 Å². The lowest BCUT2D eigenvalue weighted by molar-refractivity contribution is 0.0977. The molecule has 0 aliphatic heterocycles. The third kappa shape index (κ3) is 7.24. The van der Waals surface area contributed by atoms with Gasteiger partial charge in [-0.1, -0.05) is 0 Å². The zero-order valence-electron chi connectivity index (χ0n) is 15.7. The summed E-state index contributed by atoms with van der Waals surface area (Å²) in [6.07, 6.45) is 0.112. The van der Waals surface area contributed by atoms with E-state index in [9.17, 15) is 4.79 Å². The van der Waals surface area contributed by atoms with Crippen molar-refractivity contribution >= 4 is 28.9 Å². The first kappa shape index (κ1) is 20.7. The molecule has 0 aliphatic rings. The van der Waals surface area contributed by atoms with Gasteiger partial charge in [-0.3, -0.25) is 10.1 Å². The Bertz CT molecular complexity index is 746. The molecule has 27 heavy (non-hydrogen) atoms. The van der Waals surface area contributed by atoms with Crippen LogP contribution in [0.5, 0.6) is 11.5 Å². The van der Waals surface area contributed by atoms with Crippen LogP contribution in [0.2, 0.25) is 0 Å². The first-order valence-corrected chi connectivity index (χ1v) is 8.99. The minimum Gasteiger partial charge on any atom is -0.491 e. The molecule has 0 radical (unpaired) electrons. The Kier molecular flexibility index (Phi) is 8.03. The Morgan fingerprint density at radius 3 is 2.22 bits per heavy atom. The highest BCUT2D eigenvalue weighted by atomic mass is 32.1. The summed E-state index contributed by atoms with van der Waals surface area (Å²) < 4.78 is 16.0. The van der Waals surface area contributed by atoms with E-state index in [1.165, 1.54) is 0 Å². The number of carbonyl (C=O) groups excluding carboxylic acids is 1. The zero-order chi connectivity index (χ0) is 19.6. The number of methoxy groups -OCH3 is 1. The minimum atomic E-state index is -0.296. The molecule has 0 fully saturated rings. The van der Waals surface area contributed by atoms with Gasteiger partial charge in [-0.2, -0.15) is 0 Å². The molecule has 2 aromatic carbocycles. The van der Waals surface area contributed by atoms with Gasteiger partial charge in [0.1, 0.15) is 18.1 Å². The topological polar surface area (TPSA) is 68.8 Å². The second-order valence-electron chi connectivity index (χ2n) is 5.96. The first-order valence-electron chi connectivity index (χ1n) is 8.59. The number of ether oxygens (including phenoxy) is 3. The Labute approximate surface area is 164 Å². The van der Waals surface area contributed by atoms with E-state index in [2.05, 4.69) is 10.6 Å². The van der Waals surface area contributed by atoms with Crippen LogP contribution in [0.1, 0.15) is 24.2 Å². The van der Waals surface area contributed by atoms with Gasteiger partial charge in [-0.15, -0.1) is 0 Å². The van der Waals surface area contributed by atoms with Gasteiger partial charge in [0, 0.05) is 18.4 Å². The molecule has 0 bridgehead atoms. The molecule has 0 spiro atoms. The highest BCUT2D eigenvalue weighted by molar-refractivity contribution is 7.80. The van der Waals surface area contributed by atoms with Crippen molar-refractivity contribution < 1.29 is 19.0 Å². The Hall–Kier alpha value is -2.64. The lowest BCUT2D eigenvalue weighted by Gasteiger charge is -2.12. The predicted molar refractivity (Wildman–Crippen MR) is 110 cm³/mol. The number of carbonyl (C=O) groups is 1. The molecule has 6 nitrogen and oxygen atoms in total. The highest BCUT2D eigenvalue weighted by Crippen LogP contribution is 2.17. The molecular weight excluding hydrogens is 364 g/mol. The third-order valence-corrected chi connectivity index (χ3v) is 3.59. The quantitative estimate of drug-likeness (QED) is 0.532. The third-order valence-electron chi connectivity index (χ3n) is 3.38. The standard InChI is InChI=1S/C20H24N2O4S/c1-14(2)26-18-10-6-16(7-11-18)21-20(27)22-19(23)15-4-8-17(9-5-15)25-13-12-24-3/h4-11,14H,12-13H2,1-3H3,(H2,21,22,23,27). The summed E-state index contributed by atoms with van der Waals surface area (Å²) in [7, 11) is 1.61. The maximum atomic E-state index is 12.3. The van der Waals surface area contributed by atoms with Gasteiger partial charge in [-0.25, -0.2) is 0 Å². The van der Waals surface area contributed by atoms with E-state index in [1.54, 1.807) is 31.4 Å². The lowest BCUT2D eigenvalue weighted by atomic mass is 10.2. The number of rotatable bonds is 8.